The quantitative estimate of drug-likeness (QED) is 0.943. The summed E-state index contributed by atoms with van der Waals surface area (Å²) in [5.41, 5.74) is 2.80. The Hall–Kier alpha value is -1.72. The molecule has 0 spiro atoms. The van der Waals surface area contributed by atoms with Crippen molar-refractivity contribution in [3.8, 4) is 10.6 Å². The molecule has 0 radical (unpaired) electrons. The van der Waals surface area contributed by atoms with Crippen LogP contribution in [0.1, 0.15) is 22.5 Å². The number of aromatic nitrogens is 1. The number of benzene rings is 1. The van der Waals surface area contributed by atoms with Crippen LogP contribution in [-0.2, 0) is 0 Å². The van der Waals surface area contributed by atoms with Crippen LogP contribution in [0.5, 0.6) is 0 Å². The van der Waals surface area contributed by atoms with Crippen LogP contribution in [0.25, 0.3) is 10.6 Å². The number of aryl methyl sites for hydroxylation is 1. The fourth-order valence-corrected chi connectivity index (χ4v) is 3.72. The van der Waals surface area contributed by atoms with Crippen LogP contribution in [0.15, 0.2) is 29.6 Å². The maximum Gasteiger partial charge on any atom is 0.253 e. The Kier molecular flexibility index (Phi) is 4.55. The van der Waals surface area contributed by atoms with Crippen molar-refractivity contribution in [2.75, 3.05) is 26.7 Å². The monoisotopic (exact) mass is 315 g/mol. The minimum atomic E-state index is 0.133. The van der Waals surface area contributed by atoms with Gasteiger partial charge in [-0.15, -0.1) is 11.3 Å². The molecule has 1 N–H and O–H groups in total. The number of rotatable bonds is 4. The first kappa shape index (κ1) is 15.2. The molecular weight excluding hydrogens is 294 g/mol. The Labute approximate surface area is 135 Å². The van der Waals surface area contributed by atoms with E-state index < -0.39 is 0 Å². The van der Waals surface area contributed by atoms with Crippen molar-refractivity contribution in [1.82, 2.24) is 15.2 Å². The number of nitrogens with one attached hydrogen (secondary N) is 1. The molecule has 1 aromatic carbocycles. The lowest BCUT2D eigenvalue weighted by Gasteiger charge is -2.17. The molecule has 2 heterocycles. The standard InChI is InChI=1S/C17H21N3OS/c1-12-11-22-16(19-12)14-4-3-5-15(8-14)17(21)20-7-6-13(10-20)9-18-2/h3-5,8,11,13,18H,6-7,9-10H2,1-2H3. The zero-order valence-corrected chi connectivity index (χ0v) is 13.8. The number of carbonyl (C=O) groups excluding carboxylic acids is 1. The van der Waals surface area contributed by atoms with Gasteiger partial charge in [-0.2, -0.15) is 0 Å². The molecule has 1 unspecified atom stereocenters. The van der Waals surface area contributed by atoms with E-state index in [-0.39, 0.29) is 5.91 Å². The second-order valence-electron chi connectivity index (χ2n) is 5.84. The molecule has 0 saturated carbocycles. The van der Waals surface area contributed by atoms with E-state index in [1.54, 1.807) is 11.3 Å². The smallest absolute Gasteiger partial charge is 0.253 e. The summed E-state index contributed by atoms with van der Waals surface area (Å²) in [5, 5.41) is 6.21. The molecule has 1 amide bonds. The second-order valence-corrected chi connectivity index (χ2v) is 6.70. The molecule has 1 aliphatic rings. The third-order valence-electron chi connectivity index (χ3n) is 4.04. The highest BCUT2D eigenvalue weighted by Gasteiger charge is 2.26. The number of hydrogen-bond donors (Lipinski definition) is 1. The Morgan fingerprint density at radius 1 is 1.50 bits per heavy atom. The zero-order valence-electron chi connectivity index (χ0n) is 13.0. The van der Waals surface area contributed by atoms with Crippen LogP contribution in [0.3, 0.4) is 0 Å². The second kappa shape index (κ2) is 6.58. The normalized spacial score (nSPS) is 17.9. The largest absolute Gasteiger partial charge is 0.338 e. The van der Waals surface area contributed by atoms with Crippen molar-refractivity contribution < 1.29 is 4.79 Å². The van der Waals surface area contributed by atoms with E-state index in [2.05, 4.69) is 10.3 Å². The summed E-state index contributed by atoms with van der Waals surface area (Å²) in [6.07, 6.45) is 1.08. The van der Waals surface area contributed by atoms with E-state index in [9.17, 15) is 4.79 Å². The molecule has 4 nitrogen and oxygen atoms in total. The SMILES string of the molecule is CNCC1CCN(C(=O)c2cccc(-c3nc(C)cs3)c2)C1. The third kappa shape index (κ3) is 3.20. The number of carbonyl (C=O) groups is 1. The molecule has 22 heavy (non-hydrogen) atoms. The number of thiazole rings is 1. The first-order chi connectivity index (χ1) is 10.7. The lowest BCUT2D eigenvalue weighted by molar-refractivity contribution is 0.0787. The van der Waals surface area contributed by atoms with Gasteiger partial charge in [0.05, 0.1) is 0 Å². The number of hydrogen-bond acceptors (Lipinski definition) is 4. The lowest BCUT2D eigenvalue weighted by Crippen LogP contribution is -2.30. The zero-order chi connectivity index (χ0) is 15.5. The van der Waals surface area contributed by atoms with Crippen molar-refractivity contribution in [2.45, 2.75) is 13.3 Å². The van der Waals surface area contributed by atoms with E-state index in [1.807, 2.05) is 48.5 Å². The van der Waals surface area contributed by atoms with Gasteiger partial charge in [0.15, 0.2) is 0 Å². The van der Waals surface area contributed by atoms with Crippen LogP contribution in [-0.4, -0.2) is 42.5 Å². The average Bonchev–Trinajstić information content (AvgIpc) is 3.16. The van der Waals surface area contributed by atoms with Crippen molar-refractivity contribution in [3.63, 3.8) is 0 Å². The predicted molar refractivity (Wildman–Crippen MR) is 90.2 cm³/mol. The molecule has 1 fully saturated rings. The van der Waals surface area contributed by atoms with Crippen LogP contribution in [0, 0.1) is 12.8 Å². The van der Waals surface area contributed by atoms with Crippen LogP contribution in [0.2, 0.25) is 0 Å². The van der Waals surface area contributed by atoms with Gasteiger partial charge in [-0.25, -0.2) is 4.98 Å². The van der Waals surface area contributed by atoms with Gasteiger partial charge in [-0.1, -0.05) is 12.1 Å². The van der Waals surface area contributed by atoms with Crippen molar-refractivity contribution >= 4 is 17.2 Å². The predicted octanol–water partition coefficient (Wildman–Crippen LogP) is 2.80. The molecule has 1 saturated heterocycles. The summed E-state index contributed by atoms with van der Waals surface area (Å²) in [6.45, 7) is 4.66. The molecule has 5 heteroatoms. The Morgan fingerprint density at radius 3 is 3.09 bits per heavy atom. The maximum absolute atomic E-state index is 12.7. The van der Waals surface area contributed by atoms with Crippen LogP contribution in [0.4, 0.5) is 0 Å². The first-order valence-corrected chi connectivity index (χ1v) is 8.52. The highest BCUT2D eigenvalue weighted by Crippen LogP contribution is 2.25. The minimum absolute atomic E-state index is 0.133. The minimum Gasteiger partial charge on any atom is -0.338 e. The van der Waals surface area contributed by atoms with Crippen molar-refractivity contribution in [1.29, 1.82) is 0 Å². The lowest BCUT2D eigenvalue weighted by atomic mass is 10.1. The Morgan fingerprint density at radius 2 is 2.36 bits per heavy atom. The molecular formula is C17H21N3OS. The van der Waals surface area contributed by atoms with Gasteiger partial charge in [0.2, 0.25) is 0 Å². The Balaban J connectivity index is 1.76. The van der Waals surface area contributed by atoms with Gasteiger partial charge in [-0.05, 0) is 45.0 Å². The van der Waals surface area contributed by atoms with E-state index in [0.29, 0.717) is 5.92 Å². The third-order valence-corrected chi connectivity index (χ3v) is 5.05. The van der Waals surface area contributed by atoms with Gasteiger partial charge < -0.3 is 10.2 Å². The number of amides is 1. The molecule has 116 valence electrons. The fraction of sp³-hybridized carbons (Fsp3) is 0.412. The number of nitrogens with zero attached hydrogens (tertiary/aromatic N) is 2. The van der Waals surface area contributed by atoms with Crippen LogP contribution < -0.4 is 5.32 Å². The number of likely N-dealkylation sites (tertiary alicyclic amines) is 1. The molecule has 1 atom stereocenters. The summed E-state index contributed by atoms with van der Waals surface area (Å²) < 4.78 is 0. The summed E-state index contributed by atoms with van der Waals surface area (Å²) in [6, 6.07) is 7.83. The highest BCUT2D eigenvalue weighted by molar-refractivity contribution is 7.13. The maximum atomic E-state index is 12.7. The highest BCUT2D eigenvalue weighted by atomic mass is 32.1. The molecule has 1 aliphatic heterocycles. The van der Waals surface area contributed by atoms with Crippen molar-refractivity contribution in [2.24, 2.45) is 5.92 Å². The van der Waals surface area contributed by atoms with E-state index >= 15 is 0 Å². The van der Waals surface area contributed by atoms with E-state index in [4.69, 9.17) is 0 Å². The van der Waals surface area contributed by atoms with Gasteiger partial charge in [0.25, 0.3) is 5.91 Å². The average molecular weight is 315 g/mol. The van der Waals surface area contributed by atoms with Gasteiger partial charge >= 0.3 is 0 Å². The van der Waals surface area contributed by atoms with Crippen molar-refractivity contribution in [3.05, 3.63) is 40.9 Å². The topological polar surface area (TPSA) is 45.2 Å². The molecule has 2 aromatic rings. The van der Waals surface area contributed by atoms with E-state index in [1.165, 1.54) is 0 Å². The Bertz CT molecular complexity index is 667. The molecule has 1 aromatic heterocycles. The summed E-state index contributed by atoms with van der Waals surface area (Å²) in [5.74, 6) is 0.701. The first-order valence-electron chi connectivity index (χ1n) is 7.64. The fourth-order valence-electron chi connectivity index (χ4n) is 2.93. The molecule has 0 aliphatic carbocycles. The van der Waals surface area contributed by atoms with E-state index in [0.717, 1.165) is 47.9 Å². The van der Waals surface area contributed by atoms with Gasteiger partial charge in [0.1, 0.15) is 5.01 Å². The molecule has 3 rings (SSSR count). The summed E-state index contributed by atoms with van der Waals surface area (Å²) in [7, 11) is 1.96. The summed E-state index contributed by atoms with van der Waals surface area (Å²) in [4.78, 5) is 19.1. The summed E-state index contributed by atoms with van der Waals surface area (Å²) >= 11 is 1.62. The van der Waals surface area contributed by atoms with Crippen LogP contribution >= 0.6 is 11.3 Å². The van der Waals surface area contributed by atoms with Gasteiger partial charge in [-0.3, -0.25) is 4.79 Å². The van der Waals surface area contributed by atoms with Gasteiger partial charge in [0, 0.05) is 35.3 Å². The molecule has 0 bridgehead atoms.